The predicted molar refractivity (Wildman–Crippen MR) is 66.6 cm³/mol. The number of aliphatic hydroxyl groups excluding tert-OH is 1. The lowest BCUT2D eigenvalue weighted by atomic mass is 10.1. The molecule has 4 N–H and O–H groups in total. The van der Waals surface area contributed by atoms with Gasteiger partial charge in [0.1, 0.15) is 6.61 Å². The number of hydrogen-bond acceptors (Lipinski definition) is 3. The van der Waals surface area contributed by atoms with Gasteiger partial charge in [-0.25, -0.2) is 0 Å². The summed E-state index contributed by atoms with van der Waals surface area (Å²) in [5, 5.41) is 11.2. The van der Waals surface area contributed by atoms with Crippen LogP contribution in [0.1, 0.15) is 22.3 Å². The van der Waals surface area contributed by atoms with Crippen LogP contribution in [0.3, 0.4) is 0 Å². The molecule has 94 valence electrons. The lowest BCUT2D eigenvalue weighted by Crippen LogP contribution is -2.28. The van der Waals surface area contributed by atoms with Crippen LogP contribution >= 0.6 is 0 Å². The molecule has 1 aromatic carbocycles. The van der Waals surface area contributed by atoms with Crippen LogP contribution in [0.2, 0.25) is 0 Å². The topological polar surface area (TPSA) is 92.4 Å². The molecule has 0 bridgehead atoms. The lowest BCUT2D eigenvalue weighted by Gasteiger charge is -2.05. The number of carbonyl (C=O) groups is 2. The van der Waals surface area contributed by atoms with Gasteiger partial charge in [0.2, 0.25) is 5.91 Å². The SMILES string of the molecule is NC(=O)CCNC(=O)c1ccccc1C#CCO. The zero-order valence-electron chi connectivity index (χ0n) is 9.77. The normalized spacial score (nSPS) is 9.17. The van der Waals surface area contributed by atoms with Crippen molar-refractivity contribution in [2.75, 3.05) is 13.2 Å². The largest absolute Gasteiger partial charge is 0.384 e. The highest BCUT2D eigenvalue weighted by Crippen LogP contribution is 2.06. The van der Waals surface area contributed by atoms with E-state index in [-0.39, 0.29) is 25.5 Å². The van der Waals surface area contributed by atoms with Gasteiger partial charge in [-0.05, 0) is 12.1 Å². The van der Waals surface area contributed by atoms with E-state index in [1.165, 1.54) is 0 Å². The third-order valence-corrected chi connectivity index (χ3v) is 2.13. The average molecular weight is 246 g/mol. The minimum atomic E-state index is -0.469. The van der Waals surface area contributed by atoms with Gasteiger partial charge < -0.3 is 16.2 Å². The van der Waals surface area contributed by atoms with Gasteiger partial charge in [-0.15, -0.1) is 0 Å². The van der Waals surface area contributed by atoms with E-state index in [4.69, 9.17) is 10.8 Å². The summed E-state index contributed by atoms with van der Waals surface area (Å²) in [6.45, 7) is -0.0758. The van der Waals surface area contributed by atoms with Crippen molar-refractivity contribution in [3.05, 3.63) is 35.4 Å². The minimum Gasteiger partial charge on any atom is -0.384 e. The van der Waals surface area contributed by atoms with Gasteiger partial charge in [0.05, 0.1) is 5.56 Å². The third-order valence-electron chi connectivity index (χ3n) is 2.13. The van der Waals surface area contributed by atoms with Gasteiger partial charge in [-0.2, -0.15) is 0 Å². The van der Waals surface area contributed by atoms with Crippen LogP contribution in [0.4, 0.5) is 0 Å². The fourth-order valence-electron chi connectivity index (χ4n) is 1.32. The van der Waals surface area contributed by atoms with Crippen LogP contribution in [0.25, 0.3) is 0 Å². The zero-order chi connectivity index (χ0) is 13.4. The van der Waals surface area contributed by atoms with Crippen molar-refractivity contribution in [3.8, 4) is 11.8 Å². The van der Waals surface area contributed by atoms with Gasteiger partial charge in [-0.1, -0.05) is 24.0 Å². The van der Waals surface area contributed by atoms with E-state index < -0.39 is 5.91 Å². The van der Waals surface area contributed by atoms with Crippen molar-refractivity contribution in [3.63, 3.8) is 0 Å². The van der Waals surface area contributed by atoms with Crippen molar-refractivity contribution in [1.82, 2.24) is 5.32 Å². The summed E-state index contributed by atoms with van der Waals surface area (Å²) in [5.74, 6) is 4.39. The number of carbonyl (C=O) groups excluding carboxylic acids is 2. The van der Waals surface area contributed by atoms with Gasteiger partial charge in [0, 0.05) is 18.5 Å². The first-order valence-electron chi connectivity index (χ1n) is 5.40. The highest BCUT2D eigenvalue weighted by molar-refractivity contribution is 5.96. The van der Waals surface area contributed by atoms with Crippen molar-refractivity contribution < 1.29 is 14.7 Å². The van der Waals surface area contributed by atoms with Crippen molar-refractivity contribution in [2.24, 2.45) is 5.73 Å². The summed E-state index contributed by atoms with van der Waals surface area (Å²) in [7, 11) is 0. The molecule has 0 aliphatic heterocycles. The number of rotatable bonds is 4. The molecule has 0 aromatic heterocycles. The van der Waals surface area contributed by atoms with E-state index in [2.05, 4.69) is 17.2 Å². The van der Waals surface area contributed by atoms with Crippen LogP contribution in [0.15, 0.2) is 24.3 Å². The lowest BCUT2D eigenvalue weighted by molar-refractivity contribution is -0.117. The molecule has 0 spiro atoms. The van der Waals surface area contributed by atoms with Gasteiger partial charge in [0.15, 0.2) is 0 Å². The van der Waals surface area contributed by atoms with Crippen LogP contribution in [-0.4, -0.2) is 30.1 Å². The number of nitrogens with one attached hydrogen (secondary N) is 1. The number of amides is 2. The maximum atomic E-state index is 11.8. The Kier molecular flexibility index (Phi) is 5.42. The minimum absolute atomic E-state index is 0.0935. The Morgan fingerprint density at radius 3 is 2.72 bits per heavy atom. The first-order chi connectivity index (χ1) is 8.65. The maximum Gasteiger partial charge on any atom is 0.252 e. The third kappa shape index (κ3) is 4.28. The number of benzene rings is 1. The zero-order valence-corrected chi connectivity index (χ0v) is 9.77. The summed E-state index contributed by atoms with van der Waals surface area (Å²) < 4.78 is 0. The summed E-state index contributed by atoms with van der Waals surface area (Å²) in [6, 6.07) is 6.78. The van der Waals surface area contributed by atoms with Crippen LogP contribution in [0.5, 0.6) is 0 Å². The molecule has 0 unspecified atom stereocenters. The van der Waals surface area contributed by atoms with Crippen LogP contribution < -0.4 is 11.1 Å². The van der Waals surface area contributed by atoms with Gasteiger partial charge in [0.25, 0.3) is 5.91 Å². The van der Waals surface area contributed by atoms with E-state index in [1.54, 1.807) is 24.3 Å². The summed E-state index contributed by atoms with van der Waals surface area (Å²) in [5.41, 5.74) is 5.91. The molecule has 1 aromatic rings. The second kappa shape index (κ2) is 7.09. The van der Waals surface area contributed by atoms with Gasteiger partial charge in [-0.3, -0.25) is 9.59 Å². The molecular weight excluding hydrogens is 232 g/mol. The molecule has 0 radical (unpaired) electrons. The Morgan fingerprint density at radius 2 is 2.06 bits per heavy atom. The highest BCUT2D eigenvalue weighted by atomic mass is 16.2. The quantitative estimate of drug-likeness (QED) is 0.633. The molecule has 0 fully saturated rings. The number of aliphatic hydroxyl groups is 1. The van der Waals surface area contributed by atoms with E-state index in [0.29, 0.717) is 11.1 Å². The molecule has 0 aliphatic rings. The van der Waals surface area contributed by atoms with E-state index in [1.807, 2.05) is 0 Å². The molecule has 0 saturated carbocycles. The number of primary amides is 1. The Hall–Kier alpha value is -2.32. The van der Waals surface area contributed by atoms with E-state index >= 15 is 0 Å². The fourth-order valence-corrected chi connectivity index (χ4v) is 1.32. The molecular formula is C13H14N2O3. The predicted octanol–water partition coefficient (Wildman–Crippen LogP) is -0.364. The van der Waals surface area contributed by atoms with Crippen molar-refractivity contribution in [2.45, 2.75) is 6.42 Å². The van der Waals surface area contributed by atoms with Crippen LogP contribution in [0, 0.1) is 11.8 Å². The summed E-state index contributed by atoms with van der Waals surface area (Å²) in [6.07, 6.45) is 0.0935. The van der Waals surface area contributed by atoms with E-state index in [0.717, 1.165) is 0 Å². The molecule has 0 heterocycles. The number of hydrogen-bond donors (Lipinski definition) is 3. The summed E-state index contributed by atoms with van der Waals surface area (Å²) in [4.78, 5) is 22.4. The van der Waals surface area contributed by atoms with Crippen molar-refractivity contribution >= 4 is 11.8 Å². The monoisotopic (exact) mass is 246 g/mol. The molecule has 5 nitrogen and oxygen atoms in total. The Labute approximate surface area is 105 Å². The standard InChI is InChI=1S/C13H14N2O3/c14-12(17)7-8-15-13(18)11-6-2-1-4-10(11)5-3-9-16/h1-2,4,6,16H,7-9H2,(H2,14,17)(H,15,18). The first-order valence-corrected chi connectivity index (χ1v) is 5.40. The van der Waals surface area contributed by atoms with Crippen molar-refractivity contribution in [1.29, 1.82) is 0 Å². The van der Waals surface area contributed by atoms with Crippen LogP contribution in [-0.2, 0) is 4.79 Å². The first kappa shape index (κ1) is 13.7. The molecule has 2 amide bonds. The molecule has 0 atom stereocenters. The average Bonchev–Trinajstić information content (AvgIpc) is 2.36. The van der Waals surface area contributed by atoms with Gasteiger partial charge >= 0.3 is 0 Å². The molecule has 1 rings (SSSR count). The van der Waals surface area contributed by atoms with E-state index in [9.17, 15) is 9.59 Å². The number of nitrogens with two attached hydrogens (primary N) is 1. The second-order valence-electron chi connectivity index (χ2n) is 3.48. The second-order valence-corrected chi connectivity index (χ2v) is 3.48. The molecule has 0 aliphatic carbocycles. The molecule has 5 heteroatoms. The Balaban J connectivity index is 2.75. The maximum absolute atomic E-state index is 11.8. The Morgan fingerprint density at radius 1 is 1.33 bits per heavy atom. The summed E-state index contributed by atoms with van der Waals surface area (Å²) >= 11 is 0. The molecule has 0 saturated heterocycles. The molecule has 18 heavy (non-hydrogen) atoms. The highest BCUT2D eigenvalue weighted by Gasteiger charge is 2.09. The Bertz CT molecular complexity index is 500. The fraction of sp³-hybridized carbons (Fsp3) is 0.231. The smallest absolute Gasteiger partial charge is 0.252 e.